The Kier molecular flexibility index (Phi) is 8.11. The van der Waals surface area contributed by atoms with Gasteiger partial charge >= 0.3 is 0 Å². The predicted octanol–water partition coefficient (Wildman–Crippen LogP) is 7.10. The van der Waals surface area contributed by atoms with Gasteiger partial charge in [-0.3, -0.25) is 4.79 Å². The molecule has 0 unspecified atom stereocenters. The van der Waals surface area contributed by atoms with Gasteiger partial charge in [-0.1, -0.05) is 71.2 Å². The van der Waals surface area contributed by atoms with Crippen molar-refractivity contribution in [3.8, 4) is 11.5 Å². The van der Waals surface area contributed by atoms with Crippen molar-refractivity contribution in [1.82, 2.24) is 9.66 Å². The lowest BCUT2D eigenvalue weighted by Gasteiger charge is -2.16. The van der Waals surface area contributed by atoms with Crippen LogP contribution in [0.2, 0.25) is 5.02 Å². The summed E-state index contributed by atoms with van der Waals surface area (Å²) < 4.78 is 13.9. The van der Waals surface area contributed by atoms with Gasteiger partial charge < -0.3 is 9.47 Å². The molecule has 0 aliphatic heterocycles. The van der Waals surface area contributed by atoms with Crippen LogP contribution in [0.5, 0.6) is 11.5 Å². The van der Waals surface area contributed by atoms with E-state index in [2.05, 4.69) is 28.0 Å². The van der Waals surface area contributed by atoms with Crippen LogP contribution in [-0.2, 0) is 6.61 Å². The molecule has 3 aromatic carbocycles. The van der Waals surface area contributed by atoms with Gasteiger partial charge in [0.1, 0.15) is 12.4 Å². The Hall–Kier alpha value is -3.16. The van der Waals surface area contributed by atoms with Crippen LogP contribution in [0.4, 0.5) is 0 Å². The lowest BCUT2D eigenvalue weighted by Crippen LogP contribution is -2.23. The Morgan fingerprint density at radius 2 is 1.92 bits per heavy atom. The SMILES string of the molecule is CC[C@@H](C)c1nc2ccc(Br)cc2c(=O)n1N=Cc1cc(Cl)cc(OC)c1OCc1ccc(C)cc1. The fourth-order valence-corrected chi connectivity index (χ4v) is 4.31. The van der Waals surface area contributed by atoms with E-state index in [4.69, 9.17) is 26.1 Å². The maximum absolute atomic E-state index is 13.5. The van der Waals surface area contributed by atoms with Crippen LogP contribution in [0.1, 0.15) is 48.7 Å². The van der Waals surface area contributed by atoms with E-state index in [1.807, 2.05) is 50.2 Å². The first-order valence-electron chi connectivity index (χ1n) is 11.6. The van der Waals surface area contributed by atoms with Gasteiger partial charge in [0.2, 0.25) is 0 Å². The van der Waals surface area contributed by atoms with Crippen molar-refractivity contribution < 1.29 is 9.47 Å². The average molecular weight is 569 g/mol. The zero-order valence-corrected chi connectivity index (χ0v) is 22.9. The van der Waals surface area contributed by atoms with E-state index >= 15 is 0 Å². The Morgan fingerprint density at radius 1 is 1.17 bits per heavy atom. The molecule has 0 N–H and O–H groups in total. The van der Waals surface area contributed by atoms with E-state index in [1.54, 1.807) is 31.5 Å². The van der Waals surface area contributed by atoms with E-state index in [9.17, 15) is 4.79 Å². The summed E-state index contributed by atoms with van der Waals surface area (Å²) in [5.41, 5.74) is 3.16. The number of ether oxygens (including phenoxy) is 2. The number of hydrogen-bond acceptors (Lipinski definition) is 5. The highest BCUT2D eigenvalue weighted by atomic mass is 79.9. The molecule has 0 saturated heterocycles. The molecule has 4 rings (SSSR count). The highest BCUT2D eigenvalue weighted by Crippen LogP contribution is 2.34. The first kappa shape index (κ1) is 25.9. The van der Waals surface area contributed by atoms with E-state index in [0.717, 1.165) is 16.5 Å². The van der Waals surface area contributed by atoms with Crippen LogP contribution in [-0.4, -0.2) is 23.0 Å². The summed E-state index contributed by atoms with van der Waals surface area (Å²) in [6, 6.07) is 17.0. The van der Waals surface area contributed by atoms with Crippen LogP contribution in [0.15, 0.2) is 69.0 Å². The van der Waals surface area contributed by atoms with Gasteiger partial charge in [0.15, 0.2) is 11.5 Å². The molecule has 186 valence electrons. The number of fused-ring (bicyclic) bond motifs is 1. The van der Waals surface area contributed by atoms with Crippen molar-refractivity contribution >= 4 is 44.6 Å². The van der Waals surface area contributed by atoms with Crippen molar-refractivity contribution in [1.29, 1.82) is 0 Å². The summed E-state index contributed by atoms with van der Waals surface area (Å²) in [6.07, 6.45) is 2.37. The number of rotatable bonds is 8. The van der Waals surface area contributed by atoms with Gasteiger partial charge in [-0.15, -0.1) is 0 Å². The largest absolute Gasteiger partial charge is 0.493 e. The van der Waals surface area contributed by atoms with Gasteiger partial charge in [0.25, 0.3) is 5.56 Å². The molecule has 0 aliphatic carbocycles. The molecule has 36 heavy (non-hydrogen) atoms. The second-order valence-corrected chi connectivity index (χ2v) is 9.96. The first-order chi connectivity index (χ1) is 17.3. The highest BCUT2D eigenvalue weighted by Gasteiger charge is 2.17. The topological polar surface area (TPSA) is 65.7 Å². The van der Waals surface area contributed by atoms with Gasteiger partial charge in [-0.2, -0.15) is 9.78 Å². The third kappa shape index (κ3) is 5.63. The molecule has 8 heteroatoms. The molecule has 0 spiro atoms. The van der Waals surface area contributed by atoms with Crippen LogP contribution < -0.4 is 15.0 Å². The molecule has 1 heterocycles. The minimum Gasteiger partial charge on any atom is -0.493 e. The summed E-state index contributed by atoms with van der Waals surface area (Å²) in [6.45, 7) is 6.45. The second-order valence-electron chi connectivity index (χ2n) is 8.60. The van der Waals surface area contributed by atoms with Gasteiger partial charge in [-0.05, 0) is 43.2 Å². The summed E-state index contributed by atoms with van der Waals surface area (Å²) in [5.74, 6) is 1.57. The van der Waals surface area contributed by atoms with Gasteiger partial charge in [0.05, 0.1) is 24.2 Å². The lowest BCUT2D eigenvalue weighted by molar-refractivity contribution is 0.284. The fraction of sp³-hybridized carbons (Fsp3) is 0.250. The molecule has 6 nitrogen and oxygen atoms in total. The number of methoxy groups -OCH3 is 1. The molecular formula is C28H27BrClN3O3. The number of hydrogen-bond donors (Lipinski definition) is 0. The minimum absolute atomic E-state index is 0.0223. The summed E-state index contributed by atoms with van der Waals surface area (Å²) in [7, 11) is 1.56. The second kappa shape index (κ2) is 11.3. The summed E-state index contributed by atoms with van der Waals surface area (Å²) in [5, 5.41) is 5.52. The van der Waals surface area contributed by atoms with E-state index < -0.39 is 0 Å². The summed E-state index contributed by atoms with van der Waals surface area (Å²) in [4.78, 5) is 18.2. The van der Waals surface area contributed by atoms with Crippen molar-refractivity contribution in [3.05, 3.63) is 97.0 Å². The van der Waals surface area contributed by atoms with Crippen LogP contribution in [0.3, 0.4) is 0 Å². The average Bonchev–Trinajstić information content (AvgIpc) is 2.87. The molecule has 0 amide bonds. The molecule has 1 atom stereocenters. The molecule has 0 saturated carbocycles. The molecule has 0 bridgehead atoms. The monoisotopic (exact) mass is 567 g/mol. The number of benzene rings is 3. The molecule has 0 radical (unpaired) electrons. The Bertz CT molecular complexity index is 1480. The molecular weight excluding hydrogens is 542 g/mol. The van der Waals surface area contributed by atoms with Gasteiger partial charge in [-0.25, -0.2) is 4.98 Å². The van der Waals surface area contributed by atoms with Crippen molar-refractivity contribution in [2.24, 2.45) is 5.10 Å². The Balaban J connectivity index is 1.80. The van der Waals surface area contributed by atoms with E-state index in [0.29, 0.717) is 45.4 Å². The third-order valence-electron chi connectivity index (χ3n) is 5.97. The Labute approximate surface area is 223 Å². The quantitative estimate of drug-likeness (QED) is 0.213. The summed E-state index contributed by atoms with van der Waals surface area (Å²) >= 11 is 9.81. The van der Waals surface area contributed by atoms with Crippen molar-refractivity contribution in [3.63, 3.8) is 0 Å². The predicted molar refractivity (Wildman–Crippen MR) is 149 cm³/mol. The Morgan fingerprint density at radius 3 is 2.61 bits per heavy atom. The number of aryl methyl sites for hydroxylation is 1. The van der Waals surface area contributed by atoms with Crippen LogP contribution >= 0.6 is 27.5 Å². The zero-order chi connectivity index (χ0) is 25.8. The third-order valence-corrected chi connectivity index (χ3v) is 6.68. The number of halogens is 2. The highest BCUT2D eigenvalue weighted by molar-refractivity contribution is 9.10. The lowest BCUT2D eigenvalue weighted by atomic mass is 10.1. The van der Waals surface area contributed by atoms with Crippen molar-refractivity contribution in [2.75, 3.05) is 7.11 Å². The van der Waals surface area contributed by atoms with E-state index in [-0.39, 0.29) is 11.5 Å². The normalized spacial score (nSPS) is 12.3. The molecule has 1 aromatic heterocycles. The standard InChI is InChI=1S/C28H27BrClN3O3/c1-5-18(3)27-32-24-11-10-21(29)13-23(24)28(34)33(27)31-15-20-12-22(30)14-25(35-4)26(20)36-16-19-8-6-17(2)7-9-19/h6-15,18H,5,16H2,1-4H3/t18-/m1/s1. The van der Waals surface area contributed by atoms with Crippen LogP contribution in [0, 0.1) is 6.92 Å². The minimum atomic E-state index is -0.246. The maximum atomic E-state index is 13.5. The molecule has 0 aliphatic rings. The first-order valence-corrected chi connectivity index (χ1v) is 12.8. The fourth-order valence-electron chi connectivity index (χ4n) is 3.73. The number of aromatic nitrogens is 2. The van der Waals surface area contributed by atoms with Crippen LogP contribution in [0.25, 0.3) is 10.9 Å². The molecule has 4 aromatic rings. The van der Waals surface area contributed by atoms with Crippen molar-refractivity contribution in [2.45, 2.75) is 39.7 Å². The maximum Gasteiger partial charge on any atom is 0.282 e. The number of nitrogens with zero attached hydrogens (tertiary/aromatic N) is 3. The van der Waals surface area contributed by atoms with Gasteiger partial charge in [0, 0.05) is 27.0 Å². The molecule has 0 fully saturated rings. The smallest absolute Gasteiger partial charge is 0.282 e. The van der Waals surface area contributed by atoms with E-state index in [1.165, 1.54) is 10.2 Å². The zero-order valence-electron chi connectivity index (χ0n) is 20.6.